The Bertz CT molecular complexity index is 519. The number of nitrogens with zero attached hydrogens (tertiary/aromatic N) is 1. The number of urea groups is 1. The average Bonchev–Trinajstić information content (AvgIpc) is 2.38. The molecule has 0 radical (unpaired) electrons. The predicted molar refractivity (Wildman–Crippen MR) is 75.7 cm³/mol. The smallest absolute Gasteiger partial charge is 0.322 e. The standard InChI is InChI=1S/C14H19FN2O4/c1-3-17(11-7-5-4-6-10(11)15)13(20)16-9-14(2,21)8-12(18)19/h4-7,21H,3,8-9H2,1-2H3,(H,16,20)(H,18,19). The predicted octanol–water partition coefficient (Wildman–Crippen LogP) is 1.59. The van der Waals surface area contributed by atoms with Gasteiger partial charge in [0, 0.05) is 13.1 Å². The molecule has 1 aromatic rings. The van der Waals surface area contributed by atoms with E-state index >= 15 is 0 Å². The van der Waals surface area contributed by atoms with Gasteiger partial charge in [0.05, 0.1) is 17.7 Å². The Morgan fingerprint density at radius 2 is 2.00 bits per heavy atom. The summed E-state index contributed by atoms with van der Waals surface area (Å²) >= 11 is 0. The van der Waals surface area contributed by atoms with Gasteiger partial charge in [-0.15, -0.1) is 0 Å². The number of aliphatic hydroxyl groups is 1. The van der Waals surface area contributed by atoms with Crippen LogP contribution in [0.5, 0.6) is 0 Å². The minimum absolute atomic E-state index is 0.121. The number of anilines is 1. The molecule has 0 saturated heterocycles. The molecule has 0 aromatic heterocycles. The summed E-state index contributed by atoms with van der Waals surface area (Å²) in [4.78, 5) is 23.8. The van der Waals surface area contributed by atoms with Crippen molar-refractivity contribution in [3.05, 3.63) is 30.1 Å². The van der Waals surface area contributed by atoms with Gasteiger partial charge in [-0.05, 0) is 26.0 Å². The highest BCUT2D eigenvalue weighted by molar-refractivity contribution is 5.92. The van der Waals surface area contributed by atoms with E-state index in [2.05, 4.69) is 5.32 Å². The summed E-state index contributed by atoms with van der Waals surface area (Å²) in [6.45, 7) is 2.97. The molecule has 0 saturated carbocycles. The van der Waals surface area contributed by atoms with Crippen LogP contribution < -0.4 is 10.2 Å². The van der Waals surface area contributed by atoms with Crippen LogP contribution in [0, 0.1) is 5.82 Å². The van der Waals surface area contributed by atoms with Crippen LogP contribution in [-0.2, 0) is 4.79 Å². The number of carbonyl (C=O) groups excluding carboxylic acids is 1. The minimum atomic E-state index is -1.57. The van der Waals surface area contributed by atoms with Gasteiger partial charge in [-0.3, -0.25) is 9.69 Å². The monoisotopic (exact) mass is 298 g/mol. The maximum atomic E-state index is 13.7. The molecular weight excluding hydrogens is 279 g/mol. The molecule has 0 aliphatic rings. The van der Waals surface area contributed by atoms with Gasteiger partial charge in [0.1, 0.15) is 5.82 Å². The number of carbonyl (C=O) groups is 2. The zero-order chi connectivity index (χ0) is 16.0. The number of halogens is 1. The van der Waals surface area contributed by atoms with Crippen molar-refractivity contribution in [1.82, 2.24) is 5.32 Å². The summed E-state index contributed by atoms with van der Waals surface area (Å²) in [5.41, 5.74) is -1.45. The molecule has 0 spiro atoms. The molecule has 0 aliphatic heterocycles. The lowest BCUT2D eigenvalue weighted by molar-refractivity contribution is -0.141. The lowest BCUT2D eigenvalue weighted by atomic mass is 10.0. The van der Waals surface area contributed by atoms with Crippen LogP contribution in [0.3, 0.4) is 0 Å². The lowest BCUT2D eigenvalue weighted by Gasteiger charge is -2.26. The number of amides is 2. The van der Waals surface area contributed by atoms with E-state index in [9.17, 15) is 19.1 Å². The van der Waals surface area contributed by atoms with Crippen LogP contribution >= 0.6 is 0 Å². The van der Waals surface area contributed by atoms with E-state index in [4.69, 9.17) is 5.11 Å². The molecular formula is C14H19FN2O4. The summed E-state index contributed by atoms with van der Waals surface area (Å²) in [5, 5.41) is 20.9. The van der Waals surface area contributed by atoms with Crippen molar-refractivity contribution in [2.45, 2.75) is 25.9 Å². The summed E-state index contributed by atoms with van der Waals surface area (Å²) in [6, 6.07) is 5.23. The molecule has 1 unspecified atom stereocenters. The van der Waals surface area contributed by atoms with Gasteiger partial charge < -0.3 is 15.5 Å². The molecule has 116 valence electrons. The molecule has 0 heterocycles. The van der Waals surface area contributed by atoms with Gasteiger partial charge in [-0.1, -0.05) is 12.1 Å². The lowest BCUT2D eigenvalue weighted by Crippen LogP contribution is -2.47. The largest absolute Gasteiger partial charge is 0.481 e. The van der Waals surface area contributed by atoms with Crippen molar-refractivity contribution < 1.29 is 24.2 Å². The zero-order valence-electron chi connectivity index (χ0n) is 12.0. The first kappa shape index (κ1) is 16.9. The van der Waals surface area contributed by atoms with Crippen LogP contribution in [0.2, 0.25) is 0 Å². The first-order chi connectivity index (χ1) is 9.76. The van der Waals surface area contributed by atoms with Gasteiger partial charge in [0.2, 0.25) is 0 Å². The Balaban J connectivity index is 2.73. The number of benzene rings is 1. The molecule has 0 aliphatic carbocycles. The van der Waals surface area contributed by atoms with Crippen molar-refractivity contribution in [2.24, 2.45) is 0 Å². The van der Waals surface area contributed by atoms with Gasteiger partial charge >= 0.3 is 12.0 Å². The van der Waals surface area contributed by atoms with Gasteiger partial charge in [0.25, 0.3) is 0 Å². The fourth-order valence-electron chi connectivity index (χ4n) is 1.84. The van der Waals surface area contributed by atoms with Crippen molar-refractivity contribution in [3.63, 3.8) is 0 Å². The second-order valence-corrected chi connectivity index (χ2v) is 4.92. The van der Waals surface area contributed by atoms with Crippen molar-refractivity contribution in [3.8, 4) is 0 Å². The molecule has 2 amide bonds. The quantitative estimate of drug-likeness (QED) is 0.744. The average molecular weight is 298 g/mol. The Morgan fingerprint density at radius 3 is 2.52 bits per heavy atom. The highest BCUT2D eigenvalue weighted by Gasteiger charge is 2.26. The van der Waals surface area contributed by atoms with Crippen LogP contribution in [0.1, 0.15) is 20.3 Å². The first-order valence-corrected chi connectivity index (χ1v) is 6.51. The van der Waals surface area contributed by atoms with E-state index in [1.54, 1.807) is 13.0 Å². The molecule has 1 rings (SSSR count). The molecule has 3 N–H and O–H groups in total. The highest BCUT2D eigenvalue weighted by Crippen LogP contribution is 2.18. The topological polar surface area (TPSA) is 89.9 Å². The zero-order valence-corrected chi connectivity index (χ0v) is 12.0. The Hall–Kier alpha value is -2.15. The van der Waals surface area contributed by atoms with Gasteiger partial charge in [0.15, 0.2) is 0 Å². The third kappa shape index (κ3) is 5.03. The number of para-hydroxylation sites is 1. The van der Waals surface area contributed by atoms with Gasteiger partial charge in [-0.2, -0.15) is 0 Å². The minimum Gasteiger partial charge on any atom is -0.481 e. The third-order valence-corrected chi connectivity index (χ3v) is 2.86. The summed E-state index contributed by atoms with van der Waals surface area (Å²) in [5.74, 6) is -1.71. The number of hydrogen-bond donors (Lipinski definition) is 3. The number of hydrogen-bond acceptors (Lipinski definition) is 3. The van der Waals surface area contributed by atoms with Crippen molar-refractivity contribution in [1.29, 1.82) is 0 Å². The maximum absolute atomic E-state index is 13.7. The van der Waals surface area contributed by atoms with E-state index in [1.165, 1.54) is 30.0 Å². The van der Waals surface area contributed by atoms with Crippen LogP contribution in [0.25, 0.3) is 0 Å². The number of nitrogens with one attached hydrogen (secondary N) is 1. The molecule has 1 aromatic carbocycles. The molecule has 6 nitrogen and oxygen atoms in total. The Kier molecular flexibility index (Phi) is 5.66. The fraction of sp³-hybridized carbons (Fsp3) is 0.429. The van der Waals surface area contributed by atoms with E-state index in [0.717, 1.165) is 0 Å². The summed E-state index contributed by atoms with van der Waals surface area (Å²) in [7, 11) is 0. The summed E-state index contributed by atoms with van der Waals surface area (Å²) in [6.07, 6.45) is -0.501. The second-order valence-electron chi connectivity index (χ2n) is 4.92. The van der Waals surface area contributed by atoms with Crippen molar-refractivity contribution >= 4 is 17.7 Å². The summed E-state index contributed by atoms with van der Waals surface area (Å²) < 4.78 is 13.7. The molecule has 0 fully saturated rings. The van der Waals surface area contributed by atoms with E-state index in [-0.39, 0.29) is 18.8 Å². The third-order valence-electron chi connectivity index (χ3n) is 2.86. The van der Waals surface area contributed by atoms with Crippen LogP contribution in [-0.4, -0.2) is 40.9 Å². The molecule has 7 heteroatoms. The Labute approximate surface area is 122 Å². The van der Waals surface area contributed by atoms with E-state index < -0.39 is 29.8 Å². The van der Waals surface area contributed by atoms with Crippen LogP contribution in [0.15, 0.2) is 24.3 Å². The van der Waals surface area contributed by atoms with Crippen molar-refractivity contribution in [2.75, 3.05) is 18.0 Å². The normalized spacial score (nSPS) is 13.3. The fourth-order valence-corrected chi connectivity index (χ4v) is 1.84. The second kappa shape index (κ2) is 7.03. The first-order valence-electron chi connectivity index (χ1n) is 6.51. The van der Waals surface area contributed by atoms with Gasteiger partial charge in [-0.25, -0.2) is 9.18 Å². The molecule has 0 bridgehead atoms. The van der Waals surface area contributed by atoms with E-state index in [0.29, 0.717) is 0 Å². The Morgan fingerprint density at radius 1 is 1.38 bits per heavy atom. The number of carboxylic acids is 1. The number of carboxylic acid groups (broad SMARTS) is 1. The maximum Gasteiger partial charge on any atom is 0.322 e. The molecule has 1 atom stereocenters. The number of rotatable bonds is 6. The highest BCUT2D eigenvalue weighted by atomic mass is 19.1. The SMILES string of the molecule is CCN(C(=O)NCC(C)(O)CC(=O)O)c1ccccc1F. The molecule has 21 heavy (non-hydrogen) atoms. The van der Waals surface area contributed by atoms with Crippen LogP contribution in [0.4, 0.5) is 14.9 Å². The number of aliphatic carboxylic acids is 1. The van der Waals surface area contributed by atoms with E-state index in [1.807, 2.05) is 0 Å².